The van der Waals surface area contributed by atoms with E-state index in [4.69, 9.17) is 9.78 Å². The van der Waals surface area contributed by atoms with Crippen molar-refractivity contribution in [3.63, 3.8) is 0 Å². The van der Waals surface area contributed by atoms with Crippen LogP contribution in [0.3, 0.4) is 0 Å². The first-order valence-electron chi connectivity index (χ1n) is 5.36. The van der Waals surface area contributed by atoms with Crippen LogP contribution in [-0.2, 0) is 6.54 Å². The average Bonchev–Trinajstić information content (AvgIpc) is 2.73. The Morgan fingerprint density at radius 1 is 1.35 bits per heavy atom. The topological polar surface area (TPSA) is 61.9 Å². The molecule has 1 N–H and O–H groups in total. The Hall–Kier alpha value is -2.28. The fourth-order valence-corrected chi connectivity index (χ4v) is 1.58. The molecule has 0 fully saturated rings. The molecule has 0 unspecified atom stereocenters. The van der Waals surface area contributed by atoms with Crippen molar-refractivity contribution in [3.8, 4) is 6.07 Å². The molecule has 0 amide bonds. The zero-order chi connectivity index (χ0) is 12.3. The third kappa shape index (κ3) is 2.64. The molecule has 0 atom stereocenters. The zero-order valence-electron chi connectivity index (χ0n) is 9.82. The van der Waals surface area contributed by atoms with Gasteiger partial charge in [-0.25, -0.2) is 0 Å². The predicted molar refractivity (Wildman–Crippen MR) is 64.5 cm³/mol. The summed E-state index contributed by atoms with van der Waals surface area (Å²) in [5.41, 5.74) is 3.42. The first-order valence-corrected chi connectivity index (χ1v) is 5.36. The van der Waals surface area contributed by atoms with Gasteiger partial charge in [-0.2, -0.15) is 5.26 Å². The van der Waals surface area contributed by atoms with Crippen LogP contribution in [0.4, 0.5) is 5.69 Å². The average molecular weight is 227 g/mol. The second kappa shape index (κ2) is 4.71. The van der Waals surface area contributed by atoms with Crippen molar-refractivity contribution in [1.82, 2.24) is 5.16 Å². The minimum Gasteiger partial charge on any atom is -0.377 e. The largest absolute Gasteiger partial charge is 0.377 e. The van der Waals surface area contributed by atoms with Crippen molar-refractivity contribution in [1.29, 1.82) is 5.26 Å². The van der Waals surface area contributed by atoms with Gasteiger partial charge in [-0.15, -0.1) is 0 Å². The van der Waals surface area contributed by atoms with E-state index in [0.29, 0.717) is 12.1 Å². The molecule has 1 aromatic carbocycles. The minimum absolute atomic E-state index is 0.527. The molecule has 0 radical (unpaired) electrons. The van der Waals surface area contributed by atoms with Gasteiger partial charge in [0.1, 0.15) is 6.07 Å². The molecule has 0 bridgehead atoms. The van der Waals surface area contributed by atoms with Crippen LogP contribution in [0.25, 0.3) is 0 Å². The van der Waals surface area contributed by atoms with Crippen LogP contribution in [0.5, 0.6) is 0 Å². The second-order valence-electron chi connectivity index (χ2n) is 3.95. The molecule has 0 aliphatic heterocycles. The van der Waals surface area contributed by atoms with Gasteiger partial charge in [0.05, 0.1) is 23.5 Å². The Balaban J connectivity index is 2.13. The Labute approximate surface area is 99.9 Å². The van der Waals surface area contributed by atoms with Gasteiger partial charge in [0, 0.05) is 6.07 Å². The van der Waals surface area contributed by atoms with E-state index in [2.05, 4.69) is 16.5 Å². The summed E-state index contributed by atoms with van der Waals surface area (Å²) < 4.78 is 5.09. The SMILES string of the molecule is Cc1ccc(C#N)c(NCc2cc(C)no2)c1. The first-order chi connectivity index (χ1) is 8.19. The lowest BCUT2D eigenvalue weighted by molar-refractivity contribution is 0.384. The fourth-order valence-electron chi connectivity index (χ4n) is 1.58. The lowest BCUT2D eigenvalue weighted by Crippen LogP contribution is -2.00. The quantitative estimate of drug-likeness (QED) is 0.875. The van der Waals surface area contributed by atoms with E-state index >= 15 is 0 Å². The summed E-state index contributed by atoms with van der Waals surface area (Å²) in [5.74, 6) is 0.757. The lowest BCUT2D eigenvalue weighted by atomic mass is 10.1. The molecule has 2 aromatic rings. The summed E-state index contributed by atoms with van der Waals surface area (Å²) in [4.78, 5) is 0. The van der Waals surface area contributed by atoms with Gasteiger partial charge in [-0.1, -0.05) is 11.2 Å². The standard InChI is InChI=1S/C13H13N3O/c1-9-3-4-11(7-14)13(5-9)15-8-12-6-10(2)16-17-12/h3-6,15H,8H2,1-2H3. The van der Waals surface area contributed by atoms with E-state index in [9.17, 15) is 0 Å². The summed E-state index contributed by atoms with van der Waals surface area (Å²) in [7, 11) is 0. The minimum atomic E-state index is 0.527. The molecule has 4 nitrogen and oxygen atoms in total. The molecular formula is C13H13N3O. The smallest absolute Gasteiger partial charge is 0.156 e. The van der Waals surface area contributed by atoms with E-state index in [1.807, 2.05) is 38.1 Å². The number of benzene rings is 1. The molecule has 0 spiro atoms. The Bertz CT molecular complexity index is 566. The van der Waals surface area contributed by atoms with Gasteiger partial charge in [0.15, 0.2) is 5.76 Å². The van der Waals surface area contributed by atoms with Crippen LogP contribution in [0, 0.1) is 25.2 Å². The maximum absolute atomic E-state index is 8.98. The maximum Gasteiger partial charge on any atom is 0.156 e. The van der Waals surface area contributed by atoms with E-state index in [1.54, 1.807) is 0 Å². The molecule has 0 aliphatic rings. The Morgan fingerprint density at radius 2 is 2.18 bits per heavy atom. The van der Waals surface area contributed by atoms with Crippen LogP contribution in [-0.4, -0.2) is 5.16 Å². The molecule has 17 heavy (non-hydrogen) atoms. The monoisotopic (exact) mass is 227 g/mol. The molecule has 1 heterocycles. The lowest BCUT2D eigenvalue weighted by Gasteiger charge is -2.06. The summed E-state index contributed by atoms with van der Waals surface area (Å²) in [6.45, 7) is 4.39. The Kier molecular flexibility index (Phi) is 3.10. The molecule has 1 aromatic heterocycles. The molecule has 0 saturated carbocycles. The van der Waals surface area contributed by atoms with E-state index < -0.39 is 0 Å². The summed E-state index contributed by atoms with van der Waals surface area (Å²) >= 11 is 0. The van der Waals surface area contributed by atoms with Crippen molar-refractivity contribution in [3.05, 3.63) is 46.8 Å². The molecule has 0 aliphatic carbocycles. The maximum atomic E-state index is 8.98. The summed E-state index contributed by atoms with van der Waals surface area (Å²) in [6, 6.07) is 9.70. The van der Waals surface area contributed by atoms with Crippen molar-refractivity contribution in [2.45, 2.75) is 20.4 Å². The normalized spacial score (nSPS) is 9.94. The van der Waals surface area contributed by atoms with E-state index in [1.165, 1.54) is 0 Å². The van der Waals surface area contributed by atoms with E-state index in [0.717, 1.165) is 22.7 Å². The van der Waals surface area contributed by atoms with Gasteiger partial charge in [-0.05, 0) is 31.5 Å². The van der Waals surface area contributed by atoms with Crippen LogP contribution >= 0.6 is 0 Å². The third-order valence-corrected chi connectivity index (χ3v) is 2.43. The number of nitrogens with zero attached hydrogens (tertiary/aromatic N) is 2. The van der Waals surface area contributed by atoms with E-state index in [-0.39, 0.29) is 0 Å². The van der Waals surface area contributed by atoms with Gasteiger partial charge in [0.2, 0.25) is 0 Å². The van der Waals surface area contributed by atoms with Gasteiger partial charge < -0.3 is 9.84 Å². The first kappa shape index (κ1) is 11.2. The van der Waals surface area contributed by atoms with Crippen LogP contribution < -0.4 is 5.32 Å². The summed E-state index contributed by atoms with van der Waals surface area (Å²) in [5, 5.41) is 16.0. The van der Waals surface area contributed by atoms with Crippen molar-refractivity contribution >= 4 is 5.69 Å². The number of anilines is 1. The number of nitrogens with one attached hydrogen (secondary N) is 1. The highest BCUT2D eigenvalue weighted by atomic mass is 16.5. The number of aromatic nitrogens is 1. The highest BCUT2D eigenvalue weighted by Gasteiger charge is 2.04. The van der Waals surface area contributed by atoms with Gasteiger partial charge >= 0.3 is 0 Å². The third-order valence-electron chi connectivity index (χ3n) is 2.43. The number of hydrogen-bond donors (Lipinski definition) is 1. The predicted octanol–water partition coefficient (Wildman–Crippen LogP) is 2.78. The van der Waals surface area contributed by atoms with Crippen LogP contribution in [0.1, 0.15) is 22.6 Å². The Morgan fingerprint density at radius 3 is 2.82 bits per heavy atom. The zero-order valence-corrected chi connectivity index (χ0v) is 9.82. The van der Waals surface area contributed by atoms with Crippen LogP contribution in [0.15, 0.2) is 28.8 Å². The second-order valence-corrected chi connectivity index (χ2v) is 3.95. The van der Waals surface area contributed by atoms with Crippen LogP contribution in [0.2, 0.25) is 0 Å². The summed E-state index contributed by atoms with van der Waals surface area (Å²) in [6.07, 6.45) is 0. The van der Waals surface area contributed by atoms with Crippen molar-refractivity contribution in [2.24, 2.45) is 0 Å². The molecule has 4 heteroatoms. The number of rotatable bonds is 3. The highest BCUT2D eigenvalue weighted by molar-refractivity contribution is 5.58. The molecule has 0 saturated heterocycles. The molecular weight excluding hydrogens is 214 g/mol. The molecule has 2 rings (SSSR count). The van der Waals surface area contributed by atoms with Crippen molar-refractivity contribution in [2.75, 3.05) is 5.32 Å². The van der Waals surface area contributed by atoms with Gasteiger partial charge in [-0.3, -0.25) is 0 Å². The number of hydrogen-bond acceptors (Lipinski definition) is 4. The molecule has 86 valence electrons. The van der Waals surface area contributed by atoms with Gasteiger partial charge in [0.25, 0.3) is 0 Å². The number of aryl methyl sites for hydroxylation is 2. The fraction of sp³-hybridized carbons (Fsp3) is 0.231. The number of nitriles is 1. The highest BCUT2D eigenvalue weighted by Crippen LogP contribution is 2.17. The van der Waals surface area contributed by atoms with Crippen molar-refractivity contribution < 1.29 is 4.52 Å².